The molecule has 0 saturated carbocycles. The highest BCUT2D eigenvalue weighted by Gasteiger charge is 2.13. The molecule has 0 fully saturated rings. The van der Waals surface area contributed by atoms with Crippen LogP contribution in [0.4, 0.5) is 0 Å². The van der Waals surface area contributed by atoms with Crippen molar-refractivity contribution in [1.29, 1.82) is 0 Å². The monoisotopic (exact) mass is 296 g/mol. The van der Waals surface area contributed by atoms with E-state index in [1.807, 2.05) is 0 Å². The molecular weight excluding hydrogens is 284 g/mol. The average molecular weight is 296 g/mol. The van der Waals surface area contributed by atoms with E-state index in [2.05, 4.69) is 26.5 Å². The maximum atomic E-state index is 11.7. The summed E-state index contributed by atoms with van der Waals surface area (Å²) >= 11 is 0. The van der Waals surface area contributed by atoms with Crippen LogP contribution in [0.1, 0.15) is 11.1 Å². The van der Waals surface area contributed by atoms with Gasteiger partial charge < -0.3 is 4.74 Å². The molecule has 0 aliphatic heterocycles. The van der Waals surface area contributed by atoms with E-state index in [1.165, 1.54) is 0 Å². The number of tetrazole rings is 1. The summed E-state index contributed by atoms with van der Waals surface area (Å²) in [6.45, 7) is 0.159. The number of H-pyrrole nitrogens is 1. The van der Waals surface area contributed by atoms with Crippen molar-refractivity contribution in [1.82, 2.24) is 30.0 Å². The van der Waals surface area contributed by atoms with Gasteiger partial charge in [-0.05, 0) is 22.6 Å². The summed E-state index contributed by atoms with van der Waals surface area (Å²) < 4.78 is 8.40. The van der Waals surface area contributed by atoms with E-state index in [9.17, 15) is 4.79 Å². The van der Waals surface area contributed by atoms with Gasteiger partial charge in [-0.25, -0.2) is 9.89 Å². The first-order valence-electron chi connectivity index (χ1n) is 6.41. The minimum absolute atomic E-state index is 0.159. The number of ether oxygens (including phenoxy) is 1. The largest absolute Gasteiger partial charge is 0.472 e. The van der Waals surface area contributed by atoms with E-state index in [0.717, 1.165) is 4.68 Å². The van der Waals surface area contributed by atoms with Gasteiger partial charge in [-0.15, -0.1) is 11.5 Å². The second-order valence-electron chi connectivity index (χ2n) is 4.48. The molecule has 2 heterocycles. The molecule has 1 N–H and O–H groups in total. The molecule has 0 atom stereocenters. The van der Waals surface area contributed by atoms with Crippen LogP contribution in [0.3, 0.4) is 0 Å². The summed E-state index contributed by atoms with van der Waals surface area (Å²) in [5.74, 6) is 3.05. The number of hydrogen-bond donors (Lipinski definition) is 1. The van der Waals surface area contributed by atoms with E-state index in [0.29, 0.717) is 22.7 Å². The van der Waals surface area contributed by atoms with Gasteiger partial charge >= 0.3 is 5.69 Å². The van der Waals surface area contributed by atoms with Crippen molar-refractivity contribution in [2.75, 3.05) is 0 Å². The third kappa shape index (κ3) is 2.47. The molecule has 1 aromatic carbocycles. The molecule has 8 nitrogen and oxygen atoms in total. The van der Waals surface area contributed by atoms with Crippen LogP contribution >= 0.6 is 0 Å². The molecule has 2 aromatic heterocycles. The zero-order valence-electron chi connectivity index (χ0n) is 11.7. The molecular formula is C14H12N6O2. The number of nitrogens with one attached hydrogen (secondary N) is 1. The van der Waals surface area contributed by atoms with Crippen LogP contribution in [0.2, 0.25) is 0 Å². The molecule has 0 spiro atoms. The fourth-order valence-corrected chi connectivity index (χ4v) is 2.03. The summed E-state index contributed by atoms with van der Waals surface area (Å²) in [4.78, 5) is 11.7. The zero-order chi connectivity index (χ0) is 15.5. The van der Waals surface area contributed by atoms with Gasteiger partial charge in [0.15, 0.2) is 0 Å². The Labute approximate surface area is 125 Å². The average Bonchev–Trinajstić information content (AvgIpc) is 3.13. The number of aromatic nitrogens is 6. The highest BCUT2D eigenvalue weighted by Crippen LogP contribution is 2.19. The minimum atomic E-state index is -0.451. The molecule has 110 valence electrons. The van der Waals surface area contributed by atoms with Crippen LogP contribution in [0.25, 0.3) is 5.69 Å². The molecule has 8 heteroatoms. The van der Waals surface area contributed by atoms with Gasteiger partial charge in [0.25, 0.3) is 0 Å². The number of hydrogen-bond acceptors (Lipinski definition) is 5. The first kappa shape index (κ1) is 13.6. The van der Waals surface area contributed by atoms with E-state index in [-0.39, 0.29) is 6.61 Å². The molecule has 3 rings (SSSR count). The minimum Gasteiger partial charge on any atom is -0.472 e. The predicted octanol–water partition coefficient (Wildman–Crippen LogP) is 0.249. The number of aromatic amines is 1. The van der Waals surface area contributed by atoms with Crippen molar-refractivity contribution < 1.29 is 4.74 Å². The normalized spacial score (nSPS) is 10.4. The first-order chi connectivity index (χ1) is 10.7. The van der Waals surface area contributed by atoms with E-state index in [1.54, 1.807) is 42.2 Å². The van der Waals surface area contributed by atoms with Crippen LogP contribution < -0.4 is 10.4 Å². The topological polar surface area (TPSA) is 90.6 Å². The second-order valence-corrected chi connectivity index (χ2v) is 4.48. The summed E-state index contributed by atoms with van der Waals surface area (Å²) in [5.41, 5.74) is 1.34. The van der Waals surface area contributed by atoms with Crippen molar-refractivity contribution in [3.63, 3.8) is 0 Å². The first-order valence-corrected chi connectivity index (χ1v) is 6.41. The fraction of sp³-hybridized carbons (Fsp3) is 0.143. The van der Waals surface area contributed by atoms with Crippen molar-refractivity contribution in [2.45, 2.75) is 6.61 Å². The Morgan fingerprint density at radius 1 is 1.41 bits per heavy atom. The molecule has 22 heavy (non-hydrogen) atoms. The molecule has 0 saturated heterocycles. The van der Waals surface area contributed by atoms with E-state index in [4.69, 9.17) is 11.2 Å². The highest BCUT2D eigenvalue weighted by molar-refractivity contribution is 5.51. The SMILES string of the molecule is C#Cc1cccc(-n2nn[nH]c2=O)c1COc1ccn(C)n1. The summed E-state index contributed by atoms with van der Waals surface area (Å²) in [6, 6.07) is 6.98. The Balaban J connectivity index is 2.00. The molecule has 3 aromatic rings. The number of nitrogens with zero attached hydrogens (tertiary/aromatic N) is 5. The Kier molecular flexibility index (Phi) is 3.45. The number of rotatable bonds is 4. The summed E-state index contributed by atoms with van der Waals surface area (Å²) in [5, 5.41) is 13.6. The van der Waals surface area contributed by atoms with Crippen molar-refractivity contribution >= 4 is 0 Å². The lowest BCUT2D eigenvalue weighted by molar-refractivity contribution is 0.290. The molecule has 0 unspecified atom stereocenters. The van der Waals surface area contributed by atoms with Crippen LogP contribution in [-0.4, -0.2) is 30.0 Å². The van der Waals surface area contributed by atoms with Crippen molar-refractivity contribution in [3.05, 3.63) is 52.1 Å². The molecule has 0 aliphatic rings. The van der Waals surface area contributed by atoms with E-state index >= 15 is 0 Å². The smallest absolute Gasteiger partial charge is 0.365 e. The van der Waals surface area contributed by atoms with Gasteiger partial charge in [0.2, 0.25) is 5.88 Å². The van der Waals surface area contributed by atoms with Crippen molar-refractivity contribution in [2.24, 2.45) is 7.05 Å². The number of benzene rings is 1. The molecule has 0 amide bonds. The summed E-state index contributed by atoms with van der Waals surface area (Å²) in [6.07, 6.45) is 7.30. The second kappa shape index (κ2) is 5.57. The lowest BCUT2D eigenvalue weighted by atomic mass is 10.1. The van der Waals surface area contributed by atoms with Crippen LogP contribution in [-0.2, 0) is 13.7 Å². The number of aryl methyl sites for hydroxylation is 1. The maximum absolute atomic E-state index is 11.7. The number of terminal acetylenes is 1. The Morgan fingerprint density at radius 2 is 2.27 bits per heavy atom. The molecule has 0 bridgehead atoms. The van der Waals surface area contributed by atoms with Gasteiger partial charge in [-0.1, -0.05) is 12.0 Å². The quantitative estimate of drug-likeness (QED) is 0.697. The Hall–Kier alpha value is -3.34. The van der Waals surface area contributed by atoms with Crippen LogP contribution in [0.5, 0.6) is 5.88 Å². The third-order valence-electron chi connectivity index (χ3n) is 3.06. The Bertz CT molecular complexity index is 898. The lowest BCUT2D eigenvalue weighted by Crippen LogP contribution is -2.18. The fourth-order valence-electron chi connectivity index (χ4n) is 2.03. The van der Waals surface area contributed by atoms with Gasteiger partial charge in [0, 0.05) is 30.4 Å². The predicted molar refractivity (Wildman–Crippen MR) is 77.5 cm³/mol. The zero-order valence-corrected chi connectivity index (χ0v) is 11.7. The van der Waals surface area contributed by atoms with E-state index < -0.39 is 5.69 Å². The Morgan fingerprint density at radius 3 is 2.91 bits per heavy atom. The standard InChI is InChI=1S/C14H12N6O2/c1-3-10-5-4-6-12(20-14(21)15-17-18-20)11(10)9-22-13-7-8-19(2)16-13/h1,4-8H,9H2,2H3,(H,15,18,21). The van der Waals surface area contributed by atoms with Crippen LogP contribution in [0, 0.1) is 12.3 Å². The third-order valence-corrected chi connectivity index (χ3v) is 3.06. The highest BCUT2D eigenvalue weighted by atomic mass is 16.5. The lowest BCUT2D eigenvalue weighted by Gasteiger charge is -2.10. The van der Waals surface area contributed by atoms with Gasteiger partial charge in [-0.3, -0.25) is 4.68 Å². The van der Waals surface area contributed by atoms with Crippen molar-refractivity contribution in [3.8, 4) is 23.9 Å². The maximum Gasteiger partial charge on any atom is 0.365 e. The summed E-state index contributed by atoms with van der Waals surface area (Å²) in [7, 11) is 1.79. The molecule has 0 aliphatic carbocycles. The molecule has 0 radical (unpaired) electrons. The van der Waals surface area contributed by atoms with Gasteiger partial charge in [0.05, 0.1) is 5.69 Å². The van der Waals surface area contributed by atoms with Crippen LogP contribution in [0.15, 0.2) is 35.3 Å². The van der Waals surface area contributed by atoms with Gasteiger partial charge in [-0.2, -0.15) is 4.68 Å². The van der Waals surface area contributed by atoms with Gasteiger partial charge in [0.1, 0.15) is 6.61 Å².